The van der Waals surface area contributed by atoms with Crippen LogP contribution in [0.1, 0.15) is 47.0 Å². The SMILES string of the molecule is CCS(=O)(=O)CCCN1CCCC(CNC(C)(C)C)C1. The zero-order valence-electron chi connectivity index (χ0n) is 13.6. The maximum Gasteiger partial charge on any atom is 0.150 e. The monoisotopic (exact) mass is 304 g/mol. The van der Waals surface area contributed by atoms with E-state index in [2.05, 4.69) is 31.0 Å². The molecule has 0 aliphatic carbocycles. The molecule has 0 spiro atoms. The fraction of sp³-hybridized carbons (Fsp3) is 1.00. The minimum absolute atomic E-state index is 0.178. The van der Waals surface area contributed by atoms with Gasteiger partial charge in [-0.05, 0) is 65.6 Å². The number of nitrogens with zero attached hydrogens (tertiary/aromatic N) is 1. The molecule has 1 aliphatic heterocycles. The molecule has 120 valence electrons. The third-order valence-electron chi connectivity index (χ3n) is 3.89. The third-order valence-corrected chi connectivity index (χ3v) is 5.68. The minimum atomic E-state index is -2.80. The molecular weight excluding hydrogens is 272 g/mol. The lowest BCUT2D eigenvalue weighted by Crippen LogP contribution is -2.45. The normalized spacial score (nSPS) is 22.1. The van der Waals surface area contributed by atoms with Crippen molar-refractivity contribution in [1.29, 1.82) is 0 Å². The molecule has 0 saturated carbocycles. The fourth-order valence-electron chi connectivity index (χ4n) is 2.62. The summed E-state index contributed by atoms with van der Waals surface area (Å²) in [6, 6.07) is 0. The molecule has 4 nitrogen and oxygen atoms in total. The first-order valence-electron chi connectivity index (χ1n) is 7.89. The molecule has 1 atom stereocenters. The standard InChI is InChI=1S/C15H32N2O2S/c1-5-20(18,19)11-7-10-17-9-6-8-14(13-17)12-16-15(2,3)4/h14,16H,5-13H2,1-4H3. The lowest BCUT2D eigenvalue weighted by atomic mass is 9.96. The minimum Gasteiger partial charge on any atom is -0.312 e. The van der Waals surface area contributed by atoms with Gasteiger partial charge in [-0.25, -0.2) is 8.42 Å². The van der Waals surface area contributed by atoms with Crippen molar-refractivity contribution in [3.63, 3.8) is 0 Å². The number of sulfone groups is 1. The molecule has 1 rings (SSSR count). The summed E-state index contributed by atoms with van der Waals surface area (Å²) in [7, 11) is -2.80. The highest BCUT2D eigenvalue weighted by molar-refractivity contribution is 7.91. The Balaban J connectivity index is 2.27. The molecule has 0 radical (unpaired) electrons. The Morgan fingerprint density at radius 2 is 2.00 bits per heavy atom. The van der Waals surface area contributed by atoms with E-state index in [-0.39, 0.29) is 11.3 Å². The number of likely N-dealkylation sites (tertiary alicyclic amines) is 1. The second-order valence-corrected chi connectivity index (χ2v) is 9.50. The molecule has 0 amide bonds. The van der Waals surface area contributed by atoms with E-state index < -0.39 is 9.84 Å². The second-order valence-electron chi connectivity index (χ2n) is 7.03. The van der Waals surface area contributed by atoms with Gasteiger partial charge >= 0.3 is 0 Å². The predicted molar refractivity (Wildman–Crippen MR) is 85.9 cm³/mol. The summed E-state index contributed by atoms with van der Waals surface area (Å²) in [5.74, 6) is 1.31. The average molecular weight is 305 g/mol. The predicted octanol–water partition coefficient (Wildman–Crippen LogP) is 1.91. The number of rotatable bonds is 7. The quantitative estimate of drug-likeness (QED) is 0.780. The molecule has 0 aromatic heterocycles. The largest absolute Gasteiger partial charge is 0.312 e. The first kappa shape index (κ1) is 17.9. The van der Waals surface area contributed by atoms with Crippen molar-refractivity contribution in [2.75, 3.05) is 37.7 Å². The first-order chi connectivity index (χ1) is 9.22. The number of hydrogen-bond donors (Lipinski definition) is 1. The smallest absolute Gasteiger partial charge is 0.150 e. The highest BCUT2D eigenvalue weighted by Crippen LogP contribution is 2.17. The summed E-state index contributed by atoms with van der Waals surface area (Å²) in [6.45, 7) is 12.5. The maximum atomic E-state index is 11.5. The lowest BCUT2D eigenvalue weighted by Gasteiger charge is -2.34. The molecule has 1 saturated heterocycles. The molecule has 1 aliphatic rings. The second kappa shape index (κ2) is 7.76. The number of piperidine rings is 1. The van der Waals surface area contributed by atoms with Crippen molar-refractivity contribution in [2.45, 2.75) is 52.5 Å². The summed E-state index contributed by atoms with van der Waals surface area (Å²) >= 11 is 0. The molecule has 0 bridgehead atoms. The Kier molecular flexibility index (Phi) is 6.95. The zero-order chi connectivity index (χ0) is 15.2. The maximum absolute atomic E-state index is 11.5. The van der Waals surface area contributed by atoms with Crippen LogP contribution in [0.25, 0.3) is 0 Å². The van der Waals surface area contributed by atoms with E-state index in [9.17, 15) is 8.42 Å². The Bertz CT molecular complexity index is 374. The molecule has 20 heavy (non-hydrogen) atoms. The first-order valence-corrected chi connectivity index (χ1v) is 9.72. The van der Waals surface area contributed by atoms with Crippen LogP contribution in [0.5, 0.6) is 0 Å². The van der Waals surface area contributed by atoms with Crippen molar-refractivity contribution in [1.82, 2.24) is 10.2 Å². The summed E-state index contributed by atoms with van der Waals surface area (Å²) in [5, 5.41) is 3.58. The van der Waals surface area contributed by atoms with E-state index in [1.807, 2.05) is 0 Å². The van der Waals surface area contributed by atoms with Crippen molar-refractivity contribution < 1.29 is 8.42 Å². The Labute approximate surface area is 125 Å². The summed E-state index contributed by atoms with van der Waals surface area (Å²) < 4.78 is 23.0. The molecule has 0 aromatic rings. The van der Waals surface area contributed by atoms with Gasteiger partial charge in [-0.2, -0.15) is 0 Å². The number of nitrogens with one attached hydrogen (secondary N) is 1. The van der Waals surface area contributed by atoms with E-state index >= 15 is 0 Å². The van der Waals surface area contributed by atoms with E-state index in [4.69, 9.17) is 0 Å². The van der Waals surface area contributed by atoms with Gasteiger partial charge in [0.05, 0.1) is 5.75 Å². The number of hydrogen-bond acceptors (Lipinski definition) is 4. The zero-order valence-corrected chi connectivity index (χ0v) is 14.4. The fourth-order valence-corrected chi connectivity index (χ4v) is 3.48. The van der Waals surface area contributed by atoms with E-state index in [1.54, 1.807) is 6.92 Å². The molecule has 1 fully saturated rings. The van der Waals surface area contributed by atoms with E-state index in [0.29, 0.717) is 11.7 Å². The molecule has 1 heterocycles. The van der Waals surface area contributed by atoms with Crippen LogP contribution >= 0.6 is 0 Å². The van der Waals surface area contributed by atoms with Gasteiger partial charge in [-0.1, -0.05) is 6.92 Å². The third kappa shape index (κ3) is 7.60. The van der Waals surface area contributed by atoms with Gasteiger partial charge in [-0.15, -0.1) is 0 Å². The van der Waals surface area contributed by atoms with Crippen LogP contribution in [-0.2, 0) is 9.84 Å². The van der Waals surface area contributed by atoms with Crippen LogP contribution in [0.3, 0.4) is 0 Å². The summed E-state index contributed by atoms with van der Waals surface area (Å²) in [6.07, 6.45) is 3.29. The van der Waals surface area contributed by atoms with Crippen LogP contribution in [0.2, 0.25) is 0 Å². The van der Waals surface area contributed by atoms with Gasteiger partial charge < -0.3 is 10.2 Å². The molecule has 1 unspecified atom stereocenters. The topological polar surface area (TPSA) is 49.4 Å². The van der Waals surface area contributed by atoms with E-state index in [1.165, 1.54) is 12.8 Å². The van der Waals surface area contributed by atoms with Gasteiger partial charge in [0, 0.05) is 17.8 Å². The Morgan fingerprint density at radius 1 is 1.30 bits per heavy atom. The van der Waals surface area contributed by atoms with E-state index in [0.717, 1.165) is 32.6 Å². The van der Waals surface area contributed by atoms with Crippen molar-refractivity contribution >= 4 is 9.84 Å². The summed E-state index contributed by atoms with van der Waals surface area (Å²) in [5.41, 5.74) is 0.178. The van der Waals surface area contributed by atoms with Crippen molar-refractivity contribution in [3.05, 3.63) is 0 Å². The van der Waals surface area contributed by atoms with Crippen LogP contribution in [0.15, 0.2) is 0 Å². The Morgan fingerprint density at radius 3 is 2.60 bits per heavy atom. The van der Waals surface area contributed by atoms with Gasteiger partial charge in [0.2, 0.25) is 0 Å². The van der Waals surface area contributed by atoms with Crippen LogP contribution in [0, 0.1) is 5.92 Å². The van der Waals surface area contributed by atoms with Gasteiger partial charge in [0.15, 0.2) is 0 Å². The van der Waals surface area contributed by atoms with Crippen LogP contribution in [-0.4, -0.2) is 56.5 Å². The van der Waals surface area contributed by atoms with Crippen molar-refractivity contribution in [3.8, 4) is 0 Å². The highest BCUT2D eigenvalue weighted by atomic mass is 32.2. The van der Waals surface area contributed by atoms with Gasteiger partial charge in [-0.3, -0.25) is 0 Å². The van der Waals surface area contributed by atoms with Gasteiger partial charge in [0.25, 0.3) is 0 Å². The molecular formula is C15H32N2O2S. The van der Waals surface area contributed by atoms with Crippen LogP contribution < -0.4 is 5.32 Å². The van der Waals surface area contributed by atoms with Crippen LogP contribution in [0.4, 0.5) is 0 Å². The molecule has 0 aromatic carbocycles. The Hall–Kier alpha value is -0.130. The average Bonchev–Trinajstić information content (AvgIpc) is 2.36. The molecule has 5 heteroatoms. The van der Waals surface area contributed by atoms with Crippen molar-refractivity contribution in [2.24, 2.45) is 5.92 Å². The molecule has 1 N–H and O–H groups in total. The lowest BCUT2D eigenvalue weighted by molar-refractivity contribution is 0.167. The summed E-state index contributed by atoms with van der Waals surface area (Å²) in [4.78, 5) is 2.43. The highest BCUT2D eigenvalue weighted by Gasteiger charge is 2.21. The van der Waals surface area contributed by atoms with Gasteiger partial charge in [0.1, 0.15) is 9.84 Å².